The van der Waals surface area contributed by atoms with Crippen LogP contribution < -0.4 is 0 Å². The summed E-state index contributed by atoms with van der Waals surface area (Å²) in [5.41, 5.74) is 2.54. The second-order valence-electron chi connectivity index (χ2n) is 11.1. The van der Waals surface area contributed by atoms with E-state index < -0.39 is 0 Å². The topological polar surface area (TPSA) is 0 Å². The van der Waals surface area contributed by atoms with E-state index in [1.54, 1.807) is 0 Å². The molecule has 0 saturated heterocycles. The van der Waals surface area contributed by atoms with Crippen molar-refractivity contribution in [2.24, 2.45) is 0 Å². The van der Waals surface area contributed by atoms with Crippen LogP contribution in [0.25, 0.3) is 86.5 Å². The van der Waals surface area contributed by atoms with Gasteiger partial charge in [-0.05, 0) is 153 Å². The molecule has 0 radical (unpaired) electrons. The van der Waals surface area contributed by atoms with E-state index in [9.17, 15) is 0 Å². The highest BCUT2D eigenvalue weighted by Crippen LogP contribution is 2.36. The first kappa shape index (κ1) is 21.7. The Balaban J connectivity index is 1.23. The predicted octanol–water partition coefficient (Wildman–Crippen LogP) is 11.4. The Bertz CT molecular complexity index is 2480. The quantitative estimate of drug-likeness (QED) is 0.195. The summed E-state index contributed by atoms with van der Waals surface area (Å²) in [7, 11) is 0. The molecule has 0 saturated carbocycles. The second-order valence-corrected chi connectivity index (χ2v) is 11.1. The number of hydrogen-bond acceptors (Lipinski definition) is 0. The third kappa shape index (κ3) is 3.33. The standard InChI is InChI=1S/C40H24/c1-2-8-27-16-34-21-38-23-36-19-32-18-31(39-11-5-10-30-14-25-6-3-4-9-28(25)24-40(30)39)13-12-29(32)17-35(36)22-37(38)20-33(34)15-26(27)7-1/h1-24H. The Morgan fingerprint density at radius 2 is 0.600 bits per heavy atom. The SMILES string of the molecule is c1ccc2cc3cc4cc5cc6cc(-c7cccc8cc9ccccc9cc78)ccc6cc5cc4cc3cc2c1. The lowest BCUT2D eigenvalue weighted by atomic mass is 9.93. The van der Waals surface area contributed by atoms with Gasteiger partial charge in [0.1, 0.15) is 0 Å². The zero-order chi connectivity index (χ0) is 26.2. The maximum atomic E-state index is 2.36. The molecule has 0 aliphatic heterocycles. The first-order chi connectivity index (χ1) is 19.7. The van der Waals surface area contributed by atoms with Gasteiger partial charge in [0, 0.05) is 0 Å². The van der Waals surface area contributed by atoms with E-state index in [4.69, 9.17) is 0 Å². The van der Waals surface area contributed by atoms with Gasteiger partial charge < -0.3 is 0 Å². The Hall–Kier alpha value is -5.20. The summed E-state index contributed by atoms with van der Waals surface area (Å²) in [6.45, 7) is 0. The van der Waals surface area contributed by atoms with Crippen molar-refractivity contribution in [2.45, 2.75) is 0 Å². The zero-order valence-electron chi connectivity index (χ0n) is 21.9. The van der Waals surface area contributed by atoms with E-state index in [1.807, 2.05) is 0 Å². The molecule has 0 aliphatic rings. The molecule has 0 bridgehead atoms. The summed E-state index contributed by atoms with van der Waals surface area (Å²) in [6, 6.07) is 54.2. The average Bonchev–Trinajstić information content (AvgIpc) is 2.99. The van der Waals surface area contributed by atoms with Gasteiger partial charge in [0.2, 0.25) is 0 Å². The molecule has 184 valence electrons. The van der Waals surface area contributed by atoms with Crippen molar-refractivity contribution >= 4 is 75.4 Å². The van der Waals surface area contributed by atoms with Gasteiger partial charge in [-0.3, -0.25) is 0 Å². The highest BCUT2D eigenvalue weighted by Gasteiger charge is 2.09. The van der Waals surface area contributed by atoms with Crippen molar-refractivity contribution in [1.29, 1.82) is 0 Å². The molecule has 0 nitrogen and oxygen atoms in total. The molecule has 0 heteroatoms. The minimum absolute atomic E-state index is 1.26. The van der Waals surface area contributed by atoms with Crippen molar-refractivity contribution in [2.75, 3.05) is 0 Å². The number of fused-ring (bicyclic) bond motifs is 7. The van der Waals surface area contributed by atoms with Crippen LogP contribution >= 0.6 is 0 Å². The summed E-state index contributed by atoms with van der Waals surface area (Å²) in [4.78, 5) is 0. The van der Waals surface area contributed by atoms with Crippen LogP contribution in [0.5, 0.6) is 0 Å². The highest BCUT2D eigenvalue weighted by atomic mass is 14.1. The molecule has 0 unspecified atom stereocenters. The lowest BCUT2D eigenvalue weighted by Gasteiger charge is -2.11. The molecular formula is C40H24. The van der Waals surface area contributed by atoms with Crippen LogP contribution in [0.15, 0.2) is 146 Å². The van der Waals surface area contributed by atoms with Crippen molar-refractivity contribution < 1.29 is 0 Å². The normalized spacial score (nSPS) is 12.0. The average molecular weight is 505 g/mol. The monoisotopic (exact) mass is 504 g/mol. The Morgan fingerprint density at radius 1 is 0.225 bits per heavy atom. The molecule has 0 heterocycles. The number of benzene rings is 9. The first-order valence-electron chi connectivity index (χ1n) is 13.9. The zero-order valence-corrected chi connectivity index (χ0v) is 21.9. The van der Waals surface area contributed by atoms with Gasteiger partial charge in [0.25, 0.3) is 0 Å². The van der Waals surface area contributed by atoms with Gasteiger partial charge in [-0.1, -0.05) is 78.9 Å². The second kappa shape index (κ2) is 8.15. The Morgan fingerprint density at radius 3 is 1.12 bits per heavy atom. The van der Waals surface area contributed by atoms with Crippen LogP contribution in [0.3, 0.4) is 0 Å². The Labute approximate surface area is 231 Å². The summed E-state index contributed by atoms with van der Waals surface area (Å²) < 4.78 is 0. The number of rotatable bonds is 1. The van der Waals surface area contributed by atoms with Crippen LogP contribution in [0.4, 0.5) is 0 Å². The molecule has 0 fully saturated rings. The van der Waals surface area contributed by atoms with Crippen LogP contribution in [0, 0.1) is 0 Å². The summed E-state index contributed by atoms with van der Waals surface area (Å²) >= 11 is 0. The minimum Gasteiger partial charge on any atom is -0.0616 e. The summed E-state index contributed by atoms with van der Waals surface area (Å²) in [5, 5.41) is 18.0. The van der Waals surface area contributed by atoms with Crippen LogP contribution in [0.1, 0.15) is 0 Å². The molecule has 0 spiro atoms. The van der Waals surface area contributed by atoms with Crippen LogP contribution in [-0.2, 0) is 0 Å². The lowest BCUT2D eigenvalue weighted by molar-refractivity contribution is 1.70. The molecule has 9 rings (SSSR count). The fourth-order valence-electron chi connectivity index (χ4n) is 6.58. The molecule has 0 amide bonds. The molecule has 40 heavy (non-hydrogen) atoms. The van der Waals surface area contributed by atoms with Gasteiger partial charge in [-0.2, -0.15) is 0 Å². The number of hydrogen-bond donors (Lipinski definition) is 0. The van der Waals surface area contributed by atoms with E-state index in [0.717, 1.165) is 0 Å². The van der Waals surface area contributed by atoms with Gasteiger partial charge in [-0.25, -0.2) is 0 Å². The van der Waals surface area contributed by atoms with Gasteiger partial charge in [0.15, 0.2) is 0 Å². The highest BCUT2D eigenvalue weighted by molar-refractivity contribution is 6.11. The largest absolute Gasteiger partial charge is 0.0616 e. The molecule has 9 aromatic rings. The van der Waals surface area contributed by atoms with E-state index in [-0.39, 0.29) is 0 Å². The molecular weight excluding hydrogens is 480 g/mol. The molecule has 0 aliphatic carbocycles. The molecule has 0 N–H and O–H groups in total. The van der Waals surface area contributed by atoms with E-state index in [0.29, 0.717) is 0 Å². The maximum absolute atomic E-state index is 2.36. The van der Waals surface area contributed by atoms with Crippen molar-refractivity contribution in [3.05, 3.63) is 146 Å². The Kier molecular flexibility index (Phi) is 4.42. The lowest BCUT2D eigenvalue weighted by Crippen LogP contribution is -1.85. The smallest absolute Gasteiger partial charge is 0.00990 e. The van der Waals surface area contributed by atoms with Gasteiger partial charge in [0.05, 0.1) is 0 Å². The fourth-order valence-corrected chi connectivity index (χ4v) is 6.58. The van der Waals surface area contributed by atoms with E-state index in [1.165, 1.54) is 86.5 Å². The molecule has 0 aromatic heterocycles. The summed E-state index contributed by atoms with van der Waals surface area (Å²) in [5.74, 6) is 0. The van der Waals surface area contributed by atoms with Crippen molar-refractivity contribution in [1.82, 2.24) is 0 Å². The first-order valence-corrected chi connectivity index (χ1v) is 13.9. The fraction of sp³-hybridized carbons (Fsp3) is 0. The third-order valence-electron chi connectivity index (χ3n) is 8.63. The van der Waals surface area contributed by atoms with Crippen LogP contribution in [-0.4, -0.2) is 0 Å². The molecule has 0 atom stereocenters. The van der Waals surface area contributed by atoms with Gasteiger partial charge >= 0.3 is 0 Å². The van der Waals surface area contributed by atoms with E-state index >= 15 is 0 Å². The third-order valence-corrected chi connectivity index (χ3v) is 8.63. The van der Waals surface area contributed by atoms with Crippen molar-refractivity contribution in [3.63, 3.8) is 0 Å². The predicted molar refractivity (Wildman–Crippen MR) is 174 cm³/mol. The molecule has 9 aromatic carbocycles. The summed E-state index contributed by atoms with van der Waals surface area (Å²) in [6.07, 6.45) is 0. The maximum Gasteiger partial charge on any atom is -0.00990 e. The van der Waals surface area contributed by atoms with Crippen LogP contribution in [0.2, 0.25) is 0 Å². The minimum atomic E-state index is 1.26. The van der Waals surface area contributed by atoms with E-state index in [2.05, 4.69) is 146 Å². The van der Waals surface area contributed by atoms with Gasteiger partial charge in [-0.15, -0.1) is 0 Å². The van der Waals surface area contributed by atoms with Crippen molar-refractivity contribution in [3.8, 4) is 11.1 Å².